The first-order valence-electron chi connectivity index (χ1n) is 8.44. The largest absolute Gasteiger partial charge is 0.379 e. The van der Waals surface area contributed by atoms with Crippen molar-refractivity contribution in [3.05, 3.63) is 17.5 Å². The number of nitrogens with zero attached hydrogens (tertiary/aromatic N) is 4. The Bertz CT molecular complexity index is 708. The molecule has 2 aliphatic rings. The van der Waals surface area contributed by atoms with Gasteiger partial charge in [0, 0.05) is 37.9 Å². The van der Waals surface area contributed by atoms with E-state index in [2.05, 4.69) is 32.9 Å². The Labute approximate surface area is 136 Å². The van der Waals surface area contributed by atoms with Crippen molar-refractivity contribution in [2.75, 3.05) is 44.3 Å². The molecule has 124 valence electrons. The highest BCUT2D eigenvalue weighted by atomic mass is 16.5. The standard InChI is InChI=1S/C17H24N4O2/c1-11-9-21(10-15(11)20-4-6-22-7-5-20)14-8-12(2)18-17-16(14)13(3)19-23-17/h8,11,15H,4-7,9-10H2,1-3H3. The highest BCUT2D eigenvalue weighted by molar-refractivity contribution is 5.91. The molecular weight excluding hydrogens is 292 g/mol. The molecule has 2 fully saturated rings. The molecule has 2 unspecified atom stereocenters. The van der Waals surface area contributed by atoms with Gasteiger partial charge in [0.2, 0.25) is 0 Å². The fourth-order valence-corrected chi connectivity index (χ4v) is 3.97. The van der Waals surface area contributed by atoms with Crippen molar-refractivity contribution in [3.8, 4) is 0 Å². The third-order valence-electron chi connectivity index (χ3n) is 5.15. The third kappa shape index (κ3) is 2.60. The first kappa shape index (κ1) is 14.9. The van der Waals surface area contributed by atoms with Gasteiger partial charge in [0.15, 0.2) is 0 Å². The number of rotatable bonds is 2. The quantitative estimate of drug-likeness (QED) is 0.844. The molecule has 4 rings (SSSR count). The topological polar surface area (TPSA) is 54.6 Å². The number of fused-ring (bicyclic) bond motifs is 1. The van der Waals surface area contributed by atoms with E-state index in [1.54, 1.807) is 0 Å². The molecule has 2 atom stereocenters. The maximum atomic E-state index is 5.50. The maximum Gasteiger partial charge on any atom is 0.260 e. The normalized spacial score (nSPS) is 26.3. The second-order valence-electron chi connectivity index (χ2n) is 6.83. The Kier molecular flexibility index (Phi) is 3.73. The van der Waals surface area contributed by atoms with Crippen molar-refractivity contribution < 1.29 is 9.26 Å². The fourth-order valence-electron chi connectivity index (χ4n) is 3.97. The number of hydrogen-bond donors (Lipinski definition) is 0. The first-order chi connectivity index (χ1) is 11.1. The van der Waals surface area contributed by atoms with Crippen LogP contribution in [0.4, 0.5) is 5.69 Å². The van der Waals surface area contributed by atoms with Crippen LogP contribution in [0.25, 0.3) is 11.1 Å². The minimum absolute atomic E-state index is 0.586. The zero-order valence-electron chi connectivity index (χ0n) is 14.1. The molecular formula is C17H24N4O2. The van der Waals surface area contributed by atoms with E-state index in [-0.39, 0.29) is 0 Å². The molecule has 0 aromatic carbocycles. The van der Waals surface area contributed by atoms with Crippen LogP contribution in [0.3, 0.4) is 0 Å². The van der Waals surface area contributed by atoms with Crippen LogP contribution in [0.15, 0.2) is 10.6 Å². The third-order valence-corrected chi connectivity index (χ3v) is 5.15. The van der Waals surface area contributed by atoms with Gasteiger partial charge in [-0.05, 0) is 25.8 Å². The molecule has 2 aromatic heterocycles. The number of hydrogen-bond acceptors (Lipinski definition) is 6. The minimum Gasteiger partial charge on any atom is -0.379 e. The average molecular weight is 316 g/mol. The SMILES string of the molecule is Cc1cc(N2CC(C)C(N3CCOCC3)C2)c2c(C)noc2n1. The van der Waals surface area contributed by atoms with E-state index in [1.807, 2.05) is 13.8 Å². The van der Waals surface area contributed by atoms with Gasteiger partial charge in [0.05, 0.1) is 30.0 Å². The summed E-state index contributed by atoms with van der Waals surface area (Å²) in [4.78, 5) is 9.54. The molecule has 2 aromatic rings. The van der Waals surface area contributed by atoms with Crippen molar-refractivity contribution in [1.29, 1.82) is 0 Å². The Balaban J connectivity index is 1.65. The van der Waals surface area contributed by atoms with Gasteiger partial charge in [-0.15, -0.1) is 0 Å². The van der Waals surface area contributed by atoms with Crippen LogP contribution >= 0.6 is 0 Å². The molecule has 2 saturated heterocycles. The number of aryl methyl sites for hydroxylation is 2. The van der Waals surface area contributed by atoms with Crippen LogP contribution in [0.5, 0.6) is 0 Å². The maximum absolute atomic E-state index is 5.50. The van der Waals surface area contributed by atoms with E-state index in [9.17, 15) is 0 Å². The Morgan fingerprint density at radius 3 is 2.74 bits per heavy atom. The number of pyridine rings is 1. The molecule has 0 radical (unpaired) electrons. The summed E-state index contributed by atoms with van der Waals surface area (Å²) < 4.78 is 10.9. The monoisotopic (exact) mass is 316 g/mol. The van der Waals surface area contributed by atoms with Gasteiger partial charge in [-0.3, -0.25) is 4.90 Å². The van der Waals surface area contributed by atoms with Crippen molar-refractivity contribution in [1.82, 2.24) is 15.0 Å². The van der Waals surface area contributed by atoms with E-state index in [0.717, 1.165) is 56.2 Å². The molecule has 0 N–H and O–H groups in total. The molecule has 0 spiro atoms. The smallest absolute Gasteiger partial charge is 0.260 e. The van der Waals surface area contributed by atoms with E-state index in [4.69, 9.17) is 9.26 Å². The van der Waals surface area contributed by atoms with E-state index < -0.39 is 0 Å². The van der Waals surface area contributed by atoms with Crippen molar-refractivity contribution >= 4 is 16.8 Å². The lowest BCUT2D eigenvalue weighted by Crippen LogP contribution is -2.46. The predicted molar refractivity (Wildman–Crippen MR) is 88.8 cm³/mol. The molecule has 4 heterocycles. The summed E-state index contributed by atoms with van der Waals surface area (Å²) in [6.45, 7) is 12.3. The van der Waals surface area contributed by atoms with Gasteiger partial charge in [-0.2, -0.15) is 0 Å². The van der Waals surface area contributed by atoms with E-state index in [0.29, 0.717) is 17.7 Å². The van der Waals surface area contributed by atoms with Gasteiger partial charge >= 0.3 is 0 Å². The minimum atomic E-state index is 0.586. The summed E-state index contributed by atoms with van der Waals surface area (Å²) in [5.41, 5.74) is 3.77. The van der Waals surface area contributed by atoms with Gasteiger partial charge in [-0.1, -0.05) is 12.1 Å². The average Bonchev–Trinajstić information content (AvgIpc) is 3.11. The van der Waals surface area contributed by atoms with Gasteiger partial charge in [0.25, 0.3) is 5.71 Å². The molecule has 0 bridgehead atoms. The van der Waals surface area contributed by atoms with E-state index >= 15 is 0 Å². The molecule has 0 saturated carbocycles. The lowest BCUT2D eigenvalue weighted by molar-refractivity contribution is 0.0134. The van der Waals surface area contributed by atoms with Crippen molar-refractivity contribution in [2.45, 2.75) is 26.8 Å². The first-order valence-corrected chi connectivity index (χ1v) is 8.44. The predicted octanol–water partition coefficient (Wildman–Crippen LogP) is 2.00. The second kappa shape index (κ2) is 5.76. The van der Waals surface area contributed by atoms with Crippen LogP contribution in [0, 0.1) is 19.8 Å². The van der Waals surface area contributed by atoms with Crippen LogP contribution in [-0.2, 0) is 4.74 Å². The summed E-state index contributed by atoms with van der Waals surface area (Å²) in [5, 5.41) is 5.17. The molecule has 0 amide bonds. The van der Waals surface area contributed by atoms with E-state index in [1.165, 1.54) is 5.69 Å². The molecule has 6 nitrogen and oxygen atoms in total. The summed E-state index contributed by atoms with van der Waals surface area (Å²) in [7, 11) is 0. The fraction of sp³-hybridized carbons (Fsp3) is 0.647. The Hall–Kier alpha value is -1.66. The zero-order chi connectivity index (χ0) is 16.0. The summed E-state index contributed by atoms with van der Waals surface area (Å²) in [5.74, 6) is 0.636. The van der Waals surface area contributed by atoms with Crippen LogP contribution in [0.2, 0.25) is 0 Å². The zero-order valence-corrected chi connectivity index (χ0v) is 14.1. The number of anilines is 1. The number of ether oxygens (including phenoxy) is 1. The van der Waals surface area contributed by atoms with Gasteiger partial charge in [-0.25, -0.2) is 4.98 Å². The molecule has 2 aliphatic heterocycles. The summed E-state index contributed by atoms with van der Waals surface area (Å²) >= 11 is 0. The molecule has 0 aliphatic carbocycles. The van der Waals surface area contributed by atoms with Gasteiger partial charge < -0.3 is 14.2 Å². The molecule has 23 heavy (non-hydrogen) atoms. The number of aromatic nitrogens is 2. The molecule has 6 heteroatoms. The summed E-state index contributed by atoms with van der Waals surface area (Å²) in [6.07, 6.45) is 0. The Morgan fingerprint density at radius 2 is 1.96 bits per heavy atom. The second-order valence-corrected chi connectivity index (χ2v) is 6.83. The lowest BCUT2D eigenvalue weighted by atomic mass is 10.0. The van der Waals surface area contributed by atoms with Crippen LogP contribution in [-0.4, -0.2) is 60.5 Å². The Morgan fingerprint density at radius 1 is 1.17 bits per heavy atom. The highest BCUT2D eigenvalue weighted by Crippen LogP contribution is 2.34. The number of morpholine rings is 1. The highest BCUT2D eigenvalue weighted by Gasteiger charge is 2.35. The van der Waals surface area contributed by atoms with Crippen LogP contribution < -0.4 is 4.90 Å². The van der Waals surface area contributed by atoms with Crippen molar-refractivity contribution in [2.24, 2.45) is 5.92 Å². The van der Waals surface area contributed by atoms with Gasteiger partial charge in [0.1, 0.15) is 0 Å². The van der Waals surface area contributed by atoms with Crippen LogP contribution in [0.1, 0.15) is 18.3 Å². The lowest BCUT2D eigenvalue weighted by Gasteiger charge is -2.34. The summed E-state index contributed by atoms with van der Waals surface area (Å²) in [6, 6.07) is 2.75. The van der Waals surface area contributed by atoms with Crippen molar-refractivity contribution in [3.63, 3.8) is 0 Å².